The molecule has 3 rings (SSSR count). The van der Waals surface area contributed by atoms with E-state index in [2.05, 4.69) is 9.64 Å². The molecule has 0 spiro atoms. The zero-order chi connectivity index (χ0) is 22.8. The second-order valence-electron chi connectivity index (χ2n) is 8.19. The van der Waals surface area contributed by atoms with Gasteiger partial charge in [0.1, 0.15) is 11.9 Å². The fraction of sp³-hybridized carbons (Fsp3) is 0.619. The Labute approximate surface area is 178 Å². The van der Waals surface area contributed by atoms with E-state index in [-0.39, 0.29) is 25.1 Å². The first-order chi connectivity index (χ1) is 14.5. The minimum Gasteiger partial charge on any atom is -0.490 e. The Morgan fingerprint density at radius 3 is 2.42 bits per heavy atom. The SMILES string of the molecule is Cc1ccc(CN2CCN(C(=O)OC(C)C(F)(F)F)CC2)c(O[C@H]2C[C@@H](C(=O)O)C2)c1. The molecule has 1 heterocycles. The van der Waals surface area contributed by atoms with Crippen molar-refractivity contribution in [2.75, 3.05) is 26.2 Å². The van der Waals surface area contributed by atoms with Crippen molar-refractivity contribution < 1.29 is 37.3 Å². The predicted octanol–water partition coefficient (Wildman–Crippen LogP) is 3.44. The number of aliphatic carboxylic acids is 1. The van der Waals surface area contributed by atoms with Crippen molar-refractivity contribution in [2.24, 2.45) is 5.92 Å². The Kier molecular flexibility index (Phi) is 6.98. The highest BCUT2D eigenvalue weighted by Crippen LogP contribution is 2.33. The molecule has 7 nitrogen and oxygen atoms in total. The highest BCUT2D eigenvalue weighted by atomic mass is 19.4. The number of halogens is 3. The fourth-order valence-electron chi connectivity index (χ4n) is 3.57. The van der Waals surface area contributed by atoms with E-state index in [0.717, 1.165) is 23.8 Å². The van der Waals surface area contributed by atoms with Gasteiger partial charge in [-0.3, -0.25) is 9.69 Å². The molecule has 31 heavy (non-hydrogen) atoms. The van der Waals surface area contributed by atoms with Crippen LogP contribution in [0.4, 0.5) is 18.0 Å². The van der Waals surface area contributed by atoms with E-state index in [1.54, 1.807) is 0 Å². The molecule has 1 aliphatic carbocycles. The van der Waals surface area contributed by atoms with Crippen LogP contribution >= 0.6 is 0 Å². The molecule has 0 aromatic heterocycles. The number of carbonyl (C=O) groups is 2. The van der Waals surface area contributed by atoms with Gasteiger partial charge in [-0.1, -0.05) is 12.1 Å². The molecule has 172 valence electrons. The summed E-state index contributed by atoms with van der Waals surface area (Å²) in [7, 11) is 0. The minimum absolute atomic E-state index is 0.121. The van der Waals surface area contributed by atoms with Gasteiger partial charge >= 0.3 is 18.2 Å². The first-order valence-corrected chi connectivity index (χ1v) is 10.3. The number of hydrogen-bond acceptors (Lipinski definition) is 5. The molecule has 1 amide bonds. The van der Waals surface area contributed by atoms with Crippen LogP contribution in [0.3, 0.4) is 0 Å². The molecular weight excluding hydrogens is 417 g/mol. The lowest BCUT2D eigenvalue weighted by Crippen LogP contribution is -2.49. The number of benzene rings is 1. The Morgan fingerprint density at radius 2 is 1.84 bits per heavy atom. The van der Waals surface area contributed by atoms with E-state index in [1.165, 1.54) is 4.90 Å². The Hall–Kier alpha value is -2.49. The summed E-state index contributed by atoms with van der Waals surface area (Å²) in [4.78, 5) is 26.3. The minimum atomic E-state index is -4.58. The third-order valence-electron chi connectivity index (χ3n) is 5.72. The summed E-state index contributed by atoms with van der Waals surface area (Å²) >= 11 is 0. The third kappa shape index (κ3) is 6.03. The van der Waals surface area contributed by atoms with Crippen molar-refractivity contribution in [3.8, 4) is 5.75 Å². The van der Waals surface area contributed by atoms with Gasteiger partial charge in [0.05, 0.1) is 5.92 Å². The van der Waals surface area contributed by atoms with Crippen LogP contribution in [-0.4, -0.2) is 71.5 Å². The van der Waals surface area contributed by atoms with E-state index in [4.69, 9.17) is 9.84 Å². The number of nitrogens with zero attached hydrogens (tertiary/aromatic N) is 2. The summed E-state index contributed by atoms with van der Waals surface area (Å²) in [6.07, 6.45) is -6.83. The Morgan fingerprint density at radius 1 is 1.19 bits per heavy atom. The summed E-state index contributed by atoms with van der Waals surface area (Å²) in [6.45, 7) is 4.85. The van der Waals surface area contributed by atoms with Crippen molar-refractivity contribution in [2.45, 2.75) is 51.6 Å². The number of alkyl halides is 3. The summed E-state index contributed by atoms with van der Waals surface area (Å²) in [5.41, 5.74) is 1.98. The predicted molar refractivity (Wildman–Crippen MR) is 105 cm³/mol. The molecule has 1 aliphatic heterocycles. The summed E-state index contributed by atoms with van der Waals surface area (Å²) in [6, 6.07) is 5.86. The van der Waals surface area contributed by atoms with Crippen LogP contribution in [0, 0.1) is 12.8 Å². The van der Waals surface area contributed by atoms with Gasteiger partial charge in [0, 0.05) is 38.3 Å². The van der Waals surface area contributed by atoms with E-state index in [0.29, 0.717) is 32.5 Å². The van der Waals surface area contributed by atoms with E-state index in [1.807, 2.05) is 25.1 Å². The number of carbonyl (C=O) groups excluding carboxylic acids is 1. The van der Waals surface area contributed by atoms with Gasteiger partial charge in [0.2, 0.25) is 0 Å². The average Bonchev–Trinajstić information content (AvgIpc) is 2.65. The van der Waals surface area contributed by atoms with Gasteiger partial charge < -0.3 is 19.5 Å². The van der Waals surface area contributed by atoms with Gasteiger partial charge in [-0.25, -0.2) is 4.79 Å². The van der Waals surface area contributed by atoms with Crippen molar-refractivity contribution in [3.05, 3.63) is 29.3 Å². The van der Waals surface area contributed by atoms with E-state index < -0.39 is 24.3 Å². The summed E-state index contributed by atoms with van der Waals surface area (Å²) in [5, 5.41) is 9.03. The molecule has 2 fully saturated rings. The zero-order valence-corrected chi connectivity index (χ0v) is 17.5. The number of carboxylic acid groups (broad SMARTS) is 1. The second kappa shape index (κ2) is 9.33. The molecule has 0 bridgehead atoms. The van der Waals surface area contributed by atoms with Crippen LogP contribution in [0.2, 0.25) is 0 Å². The summed E-state index contributed by atoms with van der Waals surface area (Å²) < 4.78 is 48.3. The molecule has 1 N–H and O–H groups in total. The number of ether oxygens (including phenoxy) is 2. The van der Waals surface area contributed by atoms with Crippen LogP contribution < -0.4 is 4.74 Å². The standard InChI is InChI=1S/C21H27F3N2O5/c1-13-3-4-15(18(9-13)31-17-10-16(11-17)19(27)28)12-25-5-7-26(8-6-25)20(29)30-14(2)21(22,23)24/h3-4,9,14,16-17H,5-8,10-12H2,1-2H3,(H,27,28)/t14?,16-,17+. The average molecular weight is 444 g/mol. The highest BCUT2D eigenvalue weighted by Gasteiger charge is 2.40. The number of carboxylic acids is 1. The first kappa shape index (κ1) is 23.2. The number of amides is 1. The number of rotatable bonds is 6. The van der Waals surface area contributed by atoms with Crippen LogP contribution in [0.25, 0.3) is 0 Å². The van der Waals surface area contributed by atoms with Gasteiger partial charge in [-0.15, -0.1) is 0 Å². The highest BCUT2D eigenvalue weighted by molar-refractivity contribution is 5.71. The van der Waals surface area contributed by atoms with Gasteiger partial charge in [-0.05, 0) is 38.3 Å². The number of piperazine rings is 1. The van der Waals surface area contributed by atoms with Crippen molar-refractivity contribution >= 4 is 12.1 Å². The lowest BCUT2D eigenvalue weighted by atomic mass is 9.82. The van der Waals surface area contributed by atoms with Crippen molar-refractivity contribution in [3.63, 3.8) is 0 Å². The molecule has 1 saturated carbocycles. The first-order valence-electron chi connectivity index (χ1n) is 10.3. The van der Waals surface area contributed by atoms with Crippen molar-refractivity contribution in [1.29, 1.82) is 0 Å². The molecule has 10 heteroatoms. The van der Waals surface area contributed by atoms with E-state index in [9.17, 15) is 22.8 Å². The molecule has 2 aliphatic rings. The topological polar surface area (TPSA) is 79.3 Å². The van der Waals surface area contributed by atoms with Gasteiger partial charge in [0.15, 0.2) is 6.10 Å². The maximum atomic E-state index is 12.6. The normalized spacial score (nSPS) is 23.1. The molecule has 1 unspecified atom stereocenters. The molecule has 1 atom stereocenters. The van der Waals surface area contributed by atoms with Crippen LogP contribution in [0.15, 0.2) is 18.2 Å². The number of hydrogen-bond donors (Lipinski definition) is 1. The fourth-order valence-corrected chi connectivity index (χ4v) is 3.57. The molecular formula is C21H27F3N2O5. The molecule has 1 saturated heterocycles. The lowest BCUT2D eigenvalue weighted by molar-refractivity contribution is -0.200. The van der Waals surface area contributed by atoms with Crippen LogP contribution in [0.5, 0.6) is 5.75 Å². The number of aryl methyl sites for hydroxylation is 1. The van der Waals surface area contributed by atoms with Crippen LogP contribution in [0.1, 0.15) is 30.9 Å². The maximum Gasteiger partial charge on any atom is 0.425 e. The lowest BCUT2D eigenvalue weighted by Gasteiger charge is -2.36. The second-order valence-corrected chi connectivity index (χ2v) is 8.19. The Balaban J connectivity index is 1.52. The molecule has 1 aromatic rings. The van der Waals surface area contributed by atoms with Gasteiger partial charge in [0.25, 0.3) is 0 Å². The quantitative estimate of drug-likeness (QED) is 0.724. The van der Waals surface area contributed by atoms with E-state index >= 15 is 0 Å². The maximum absolute atomic E-state index is 12.6. The monoisotopic (exact) mass is 444 g/mol. The zero-order valence-electron chi connectivity index (χ0n) is 17.5. The molecule has 0 radical (unpaired) electrons. The smallest absolute Gasteiger partial charge is 0.425 e. The molecule has 1 aromatic carbocycles. The third-order valence-corrected chi connectivity index (χ3v) is 5.72. The van der Waals surface area contributed by atoms with Crippen molar-refractivity contribution in [1.82, 2.24) is 9.80 Å². The van der Waals surface area contributed by atoms with Crippen LogP contribution in [-0.2, 0) is 16.1 Å². The Bertz CT molecular complexity index is 803. The summed E-state index contributed by atoms with van der Waals surface area (Å²) in [5.74, 6) is -0.439. The largest absolute Gasteiger partial charge is 0.490 e. The van der Waals surface area contributed by atoms with Gasteiger partial charge in [-0.2, -0.15) is 13.2 Å².